The Morgan fingerprint density at radius 2 is 1.81 bits per heavy atom. The van der Waals surface area contributed by atoms with E-state index < -0.39 is 10.0 Å². The molecule has 166 valence electrons. The summed E-state index contributed by atoms with van der Waals surface area (Å²) >= 11 is 1.47. The van der Waals surface area contributed by atoms with Gasteiger partial charge in [-0.05, 0) is 61.7 Å². The van der Waals surface area contributed by atoms with Crippen molar-refractivity contribution in [2.45, 2.75) is 45.4 Å². The summed E-state index contributed by atoms with van der Waals surface area (Å²) in [4.78, 5) is 17.9. The highest BCUT2D eigenvalue weighted by atomic mass is 32.2. The van der Waals surface area contributed by atoms with Crippen LogP contribution >= 0.6 is 11.3 Å². The summed E-state index contributed by atoms with van der Waals surface area (Å²) in [6.07, 6.45) is 1.74. The molecule has 6 nitrogen and oxygen atoms in total. The minimum Gasteiger partial charge on any atom is -0.319 e. The van der Waals surface area contributed by atoms with Gasteiger partial charge in [0, 0.05) is 25.7 Å². The van der Waals surface area contributed by atoms with E-state index in [9.17, 15) is 13.2 Å². The van der Waals surface area contributed by atoms with Crippen LogP contribution in [0.5, 0.6) is 0 Å². The molecule has 0 unspecified atom stereocenters. The molecule has 1 amide bonds. The minimum atomic E-state index is -3.57. The first-order valence-corrected chi connectivity index (χ1v) is 12.7. The zero-order chi connectivity index (χ0) is 22.8. The van der Waals surface area contributed by atoms with Crippen LogP contribution in [0.3, 0.4) is 0 Å². The highest BCUT2D eigenvalue weighted by molar-refractivity contribution is 7.89. The average Bonchev–Trinajstić information content (AvgIpc) is 3.03. The van der Waals surface area contributed by atoms with E-state index >= 15 is 0 Å². The summed E-state index contributed by atoms with van der Waals surface area (Å²) in [5, 5.41) is 0. The number of aryl methyl sites for hydroxylation is 3. The molecule has 0 bridgehead atoms. The predicted octanol–water partition coefficient (Wildman–Crippen LogP) is 4.41. The van der Waals surface area contributed by atoms with Gasteiger partial charge < -0.3 is 4.57 Å². The maximum atomic E-state index is 12.9. The minimum absolute atomic E-state index is 0.195. The maximum absolute atomic E-state index is 12.9. The van der Waals surface area contributed by atoms with E-state index in [0.717, 1.165) is 28.6 Å². The van der Waals surface area contributed by atoms with E-state index in [4.69, 9.17) is 0 Å². The summed E-state index contributed by atoms with van der Waals surface area (Å²) in [5.41, 5.74) is 3.73. The number of aromatic nitrogens is 1. The normalized spacial score (nSPS) is 12.8. The molecule has 31 heavy (non-hydrogen) atoms. The molecule has 0 saturated heterocycles. The first-order valence-electron chi connectivity index (χ1n) is 10.4. The van der Waals surface area contributed by atoms with Crippen molar-refractivity contribution in [1.29, 1.82) is 0 Å². The standard InChI is InChI=1S/C23H29N3O3S2/c1-6-8-13-26(7-2)31(28,29)19-11-9-18(10-12-19)22(27)24-23-25(5)21-17(4)14-16(3)15-20(21)30-23/h9-12,14-15H,6-8,13H2,1-5H3. The Hall–Kier alpha value is -2.29. The van der Waals surface area contributed by atoms with E-state index in [0.29, 0.717) is 23.5 Å². The van der Waals surface area contributed by atoms with Crippen molar-refractivity contribution in [3.63, 3.8) is 0 Å². The quantitative estimate of drug-likeness (QED) is 0.525. The summed E-state index contributed by atoms with van der Waals surface area (Å²) in [6, 6.07) is 10.3. The van der Waals surface area contributed by atoms with Crippen molar-refractivity contribution >= 4 is 37.5 Å². The average molecular weight is 460 g/mol. The van der Waals surface area contributed by atoms with E-state index in [1.807, 2.05) is 39.3 Å². The Bertz CT molecular complexity index is 1270. The van der Waals surface area contributed by atoms with Crippen LogP contribution < -0.4 is 4.80 Å². The van der Waals surface area contributed by atoms with E-state index in [1.54, 1.807) is 0 Å². The molecule has 0 atom stereocenters. The van der Waals surface area contributed by atoms with Gasteiger partial charge in [0.05, 0.1) is 15.1 Å². The Morgan fingerprint density at radius 1 is 1.13 bits per heavy atom. The van der Waals surface area contributed by atoms with Crippen LogP contribution in [-0.2, 0) is 17.1 Å². The largest absolute Gasteiger partial charge is 0.319 e. The summed E-state index contributed by atoms with van der Waals surface area (Å²) < 4.78 is 30.2. The van der Waals surface area contributed by atoms with Gasteiger partial charge in [0.15, 0.2) is 4.80 Å². The number of benzene rings is 2. The fraction of sp³-hybridized carbons (Fsp3) is 0.391. The second-order valence-corrected chi connectivity index (χ2v) is 10.6. The van der Waals surface area contributed by atoms with Gasteiger partial charge >= 0.3 is 0 Å². The third-order valence-electron chi connectivity index (χ3n) is 5.28. The Labute approximate surface area is 187 Å². The maximum Gasteiger partial charge on any atom is 0.279 e. The number of rotatable bonds is 7. The van der Waals surface area contributed by atoms with Crippen LogP contribution in [0.1, 0.15) is 48.2 Å². The lowest BCUT2D eigenvalue weighted by Crippen LogP contribution is -2.31. The monoisotopic (exact) mass is 459 g/mol. The smallest absolute Gasteiger partial charge is 0.279 e. The van der Waals surface area contributed by atoms with Crippen LogP contribution in [0.25, 0.3) is 10.2 Å². The predicted molar refractivity (Wildman–Crippen MR) is 126 cm³/mol. The number of hydrogen-bond acceptors (Lipinski definition) is 4. The Morgan fingerprint density at radius 3 is 2.42 bits per heavy atom. The van der Waals surface area contributed by atoms with Crippen molar-refractivity contribution in [1.82, 2.24) is 8.87 Å². The molecule has 3 aromatic rings. The van der Waals surface area contributed by atoms with Crippen molar-refractivity contribution in [3.05, 3.63) is 57.9 Å². The van der Waals surface area contributed by atoms with Crippen molar-refractivity contribution in [2.24, 2.45) is 12.0 Å². The second kappa shape index (κ2) is 9.46. The topological polar surface area (TPSA) is 71.7 Å². The number of amides is 1. The Balaban J connectivity index is 1.91. The van der Waals surface area contributed by atoms with Crippen LogP contribution in [0.15, 0.2) is 46.3 Å². The van der Waals surface area contributed by atoms with Crippen LogP contribution in [0.2, 0.25) is 0 Å². The van der Waals surface area contributed by atoms with Crippen LogP contribution in [0, 0.1) is 13.8 Å². The summed E-state index contributed by atoms with van der Waals surface area (Å²) in [7, 11) is -1.67. The summed E-state index contributed by atoms with van der Waals surface area (Å²) in [6.45, 7) is 8.87. The molecule has 0 aliphatic carbocycles. The third-order valence-corrected chi connectivity index (χ3v) is 8.35. The SMILES string of the molecule is CCCCN(CC)S(=O)(=O)c1ccc(C(=O)N=c2sc3cc(C)cc(C)c3n2C)cc1. The lowest BCUT2D eigenvalue weighted by Gasteiger charge is -2.20. The third kappa shape index (κ3) is 4.81. The van der Waals surface area contributed by atoms with Gasteiger partial charge in [-0.2, -0.15) is 9.30 Å². The molecule has 2 aromatic carbocycles. The molecule has 0 fully saturated rings. The Kier molecular flexibility index (Phi) is 7.13. The molecule has 0 radical (unpaired) electrons. The fourth-order valence-electron chi connectivity index (χ4n) is 3.64. The highest BCUT2D eigenvalue weighted by Crippen LogP contribution is 2.22. The van der Waals surface area contributed by atoms with E-state index in [1.165, 1.54) is 45.5 Å². The lowest BCUT2D eigenvalue weighted by molar-refractivity contribution is 0.0998. The zero-order valence-electron chi connectivity index (χ0n) is 18.7. The molecule has 0 spiro atoms. The molecule has 0 saturated carbocycles. The van der Waals surface area contributed by atoms with Crippen LogP contribution in [-0.4, -0.2) is 36.3 Å². The molecule has 0 aliphatic rings. The molecule has 0 N–H and O–H groups in total. The lowest BCUT2D eigenvalue weighted by atomic mass is 10.1. The zero-order valence-corrected chi connectivity index (χ0v) is 20.3. The molecule has 1 heterocycles. The number of thiazole rings is 1. The molecule has 3 rings (SSSR count). The molecular formula is C23H29N3O3S2. The van der Waals surface area contributed by atoms with Crippen molar-refractivity contribution in [2.75, 3.05) is 13.1 Å². The number of fused-ring (bicyclic) bond motifs is 1. The van der Waals surface area contributed by atoms with E-state index in [2.05, 4.69) is 17.1 Å². The fourth-order valence-corrected chi connectivity index (χ4v) is 6.32. The van der Waals surface area contributed by atoms with Gasteiger partial charge in [0.25, 0.3) is 5.91 Å². The number of hydrogen-bond donors (Lipinski definition) is 0. The van der Waals surface area contributed by atoms with Gasteiger partial charge in [-0.3, -0.25) is 4.79 Å². The van der Waals surface area contributed by atoms with Crippen molar-refractivity contribution in [3.8, 4) is 0 Å². The molecule has 1 aromatic heterocycles. The second-order valence-electron chi connectivity index (χ2n) is 7.66. The number of sulfonamides is 1. The number of carbonyl (C=O) groups excluding carboxylic acids is 1. The van der Waals surface area contributed by atoms with Crippen LogP contribution in [0.4, 0.5) is 0 Å². The first-order chi connectivity index (χ1) is 14.7. The van der Waals surface area contributed by atoms with E-state index in [-0.39, 0.29) is 10.8 Å². The molecule has 0 aliphatic heterocycles. The van der Waals surface area contributed by atoms with Gasteiger partial charge in [0.1, 0.15) is 0 Å². The molecular weight excluding hydrogens is 430 g/mol. The van der Waals surface area contributed by atoms with Gasteiger partial charge in [-0.25, -0.2) is 8.42 Å². The van der Waals surface area contributed by atoms with Gasteiger partial charge in [0.2, 0.25) is 10.0 Å². The first kappa shape index (κ1) is 23.4. The van der Waals surface area contributed by atoms with Gasteiger partial charge in [-0.15, -0.1) is 0 Å². The molecule has 8 heteroatoms. The number of nitrogens with zero attached hydrogens (tertiary/aromatic N) is 3. The van der Waals surface area contributed by atoms with Crippen molar-refractivity contribution < 1.29 is 13.2 Å². The van der Waals surface area contributed by atoms with Gasteiger partial charge in [-0.1, -0.05) is 37.7 Å². The number of carbonyl (C=O) groups is 1. The highest BCUT2D eigenvalue weighted by Gasteiger charge is 2.22. The number of unbranched alkanes of at least 4 members (excludes halogenated alkanes) is 1. The summed E-state index contributed by atoms with van der Waals surface area (Å²) in [5.74, 6) is -0.390.